The van der Waals surface area contributed by atoms with Crippen molar-refractivity contribution in [1.29, 1.82) is 0 Å². The summed E-state index contributed by atoms with van der Waals surface area (Å²) >= 11 is 0. The largest absolute Gasteiger partial charge is 0.508 e. The van der Waals surface area contributed by atoms with Gasteiger partial charge in [0.05, 0.1) is 12.2 Å². The molecule has 0 saturated carbocycles. The van der Waals surface area contributed by atoms with Crippen LogP contribution in [0.3, 0.4) is 0 Å². The molecule has 1 atom stereocenters. The minimum atomic E-state index is -0.818. The molecule has 9 heteroatoms. The van der Waals surface area contributed by atoms with E-state index in [2.05, 4.69) is 23.8 Å². The number of phenolic OH excluding ortho intramolecular Hbond substituents is 1. The van der Waals surface area contributed by atoms with Crippen LogP contribution in [0.4, 0.5) is 0 Å². The second kappa shape index (κ2) is 14.3. The van der Waals surface area contributed by atoms with E-state index in [1.807, 2.05) is 0 Å². The standard InChI is InChI=1S/C27H32N2O7/c1-18(2)25(32)29-24(26(33)28-13-12-20-4-8-22(31)9-5-20)16-21-6-10-23(11-7-21)36-17-19(3)27(34)35-15-14-30/h4-11,24,30-31H,1,3,12-17H2,2H3,(H,28,33)(H,29,32)/t24-/m0/s1. The van der Waals surface area contributed by atoms with Crippen molar-refractivity contribution in [3.05, 3.63) is 84.0 Å². The maximum absolute atomic E-state index is 12.8. The average molecular weight is 497 g/mol. The number of carbonyl (C=O) groups excluding carboxylic acids is 3. The summed E-state index contributed by atoms with van der Waals surface area (Å²) in [4.78, 5) is 36.7. The summed E-state index contributed by atoms with van der Waals surface area (Å²) < 4.78 is 10.3. The van der Waals surface area contributed by atoms with Gasteiger partial charge in [-0.15, -0.1) is 0 Å². The van der Waals surface area contributed by atoms with Crippen molar-refractivity contribution in [2.24, 2.45) is 0 Å². The van der Waals surface area contributed by atoms with Crippen LogP contribution in [-0.4, -0.2) is 60.4 Å². The topological polar surface area (TPSA) is 134 Å². The number of ether oxygens (including phenoxy) is 2. The molecule has 4 N–H and O–H groups in total. The first-order chi connectivity index (χ1) is 17.2. The lowest BCUT2D eigenvalue weighted by Gasteiger charge is -2.19. The van der Waals surface area contributed by atoms with Crippen LogP contribution < -0.4 is 15.4 Å². The molecular formula is C27H32N2O7. The minimum absolute atomic E-state index is 0.0790. The molecule has 2 aromatic rings. The summed E-state index contributed by atoms with van der Waals surface area (Å²) in [5, 5.41) is 23.6. The molecule has 0 heterocycles. The second-order valence-corrected chi connectivity index (χ2v) is 8.11. The molecule has 0 saturated heterocycles. The van der Waals surface area contributed by atoms with Crippen molar-refractivity contribution in [1.82, 2.24) is 10.6 Å². The van der Waals surface area contributed by atoms with Gasteiger partial charge in [-0.05, 0) is 48.7 Å². The Hall–Kier alpha value is -4.11. The Kier molecular flexibility index (Phi) is 11.2. The highest BCUT2D eigenvalue weighted by Crippen LogP contribution is 2.15. The third-order valence-corrected chi connectivity index (χ3v) is 5.05. The number of hydrogen-bond acceptors (Lipinski definition) is 7. The SMILES string of the molecule is C=C(C)C(=O)N[C@@H](Cc1ccc(OCC(=C)C(=O)OCCO)cc1)C(=O)NCCc1ccc(O)cc1. The van der Waals surface area contributed by atoms with Crippen molar-refractivity contribution in [3.63, 3.8) is 0 Å². The Morgan fingerprint density at radius 1 is 1.00 bits per heavy atom. The molecular weight excluding hydrogens is 464 g/mol. The van der Waals surface area contributed by atoms with Gasteiger partial charge in [0.2, 0.25) is 11.8 Å². The number of hydrogen-bond donors (Lipinski definition) is 4. The third kappa shape index (κ3) is 9.63. The molecule has 36 heavy (non-hydrogen) atoms. The van der Waals surface area contributed by atoms with Crippen molar-refractivity contribution in [2.45, 2.75) is 25.8 Å². The molecule has 0 aliphatic carbocycles. The summed E-state index contributed by atoms with van der Waals surface area (Å²) in [6.07, 6.45) is 0.808. The fourth-order valence-corrected chi connectivity index (χ4v) is 3.03. The predicted octanol–water partition coefficient (Wildman–Crippen LogP) is 1.82. The van der Waals surface area contributed by atoms with E-state index in [4.69, 9.17) is 14.6 Å². The number of aliphatic hydroxyl groups is 1. The molecule has 192 valence electrons. The van der Waals surface area contributed by atoms with Crippen LogP contribution in [0, 0.1) is 0 Å². The lowest BCUT2D eigenvalue weighted by Crippen LogP contribution is -2.48. The number of benzene rings is 2. The molecule has 0 radical (unpaired) electrons. The molecule has 2 rings (SSSR count). The van der Waals surface area contributed by atoms with Crippen LogP contribution in [0.1, 0.15) is 18.1 Å². The zero-order valence-electron chi connectivity index (χ0n) is 20.3. The number of aromatic hydroxyl groups is 1. The highest BCUT2D eigenvalue weighted by molar-refractivity contribution is 5.96. The number of esters is 1. The Labute approximate surface area is 210 Å². The van der Waals surface area contributed by atoms with Gasteiger partial charge >= 0.3 is 5.97 Å². The van der Waals surface area contributed by atoms with Crippen LogP contribution in [0.15, 0.2) is 72.8 Å². The highest BCUT2D eigenvalue weighted by atomic mass is 16.5. The van der Waals surface area contributed by atoms with Gasteiger partial charge < -0.3 is 30.3 Å². The van der Waals surface area contributed by atoms with E-state index in [1.54, 1.807) is 55.5 Å². The van der Waals surface area contributed by atoms with Crippen LogP contribution in [-0.2, 0) is 32.0 Å². The van der Waals surface area contributed by atoms with Gasteiger partial charge in [-0.1, -0.05) is 37.4 Å². The number of carbonyl (C=O) groups is 3. The quantitative estimate of drug-likeness (QED) is 0.232. The Morgan fingerprint density at radius 3 is 2.25 bits per heavy atom. The summed E-state index contributed by atoms with van der Waals surface area (Å²) in [5.41, 5.74) is 2.14. The highest BCUT2D eigenvalue weighted by Gasteiger charge is 2.21. The molecule has 0 aliphatic heterocycles. The molecule has 0 fully saturated rings. The molecule has 0 aromatic heterocycles. The maximum atomic E-state index is 12.8. The monoisotopic (exact) mass is 496 g/mol. The Bertz CT molecular complexity index is 1060. The Balaban J connectivity index is 1.95. The number of nitrogens with one attached hydrogen (secondary N) is 2. The van der Waals surface area contributed by atoms with E-state index in [0.717, 1.165) is 11.1 Å². The molecule has 2 amide bonds. The smallest absolute Gasteiger partial charge is 0.336 e. The number of rotatable bonds is 14. The van der Waals surface area contributed by atoms with Crippen LogP contribution >= 0.6 is 0 Å². The summed E-state index contributed by atoms with van der Waals surface area (Å²) in [5.74, 6) is -0.738. The van der Waals surface area contributed by atoms with E-state index in [-0.39, 0.29) is 43.5 Å². The van der Waals surface area contributed by atoms with Crippen LogP contribution in [0.5, 0.6) is 11.5 Å². The Morgan fingerprint density at radius 2 is 1.64 bits per heavy atom. The fraction of sp³-hybridized carbons (Fsp3) is 0.296. The maximum Gasteiger partial charge on any atom is 0.336 e. The number of phenols is 1. The molecule has 0 aliphatic rings. The van der Waals surface area contributed by atoms with E-state index in [0.29, 0.717) is 24.3 Å². The van der Waals surface area contributed by atoms with Gasteiger partial charge in [-0.2, -0.15) is 0 Å². The van der Waals surface area contributed by atoms with Crippen molar-refractivity contribution in [2.75, 3.05) is 26.4 Å². The van der Waals surface area contributed by atoms with E-state index < -0.39 is 17.9 Å². The van der Waals surface area contributed by atoms with Gasteiger partial charge in [0.1, 0.15) is 30.8 Å². The second-order valence-electron chi connectivity index (χ2n) is 8.11. The predicted molar refractivity (Wildman–Crippen MR) is 134 cm³/mol. The van der Waals surface area contributed by atoms with Crippen molar-refractivity contribution in [3.8, 4) is 11.5 Å². The van der Waals surface area contributed by atoms with Gasteiger partial charge in [0.15, 0.2) is 0 Å². The lowest BCUT2D eigenvalue weighted by molar-refractivity contribution is -0.140. The van der Waals surface area contributed by atoms with E-state index in [9.17, 15) is 19.5 Å². The molecule has 9 nitrogen and oxygen atoms in total. The van der Waals surface area contributed by atoms with Crippen molar-refractivity contribution < 1.29 is 34.1 Å². The number of amides is 2. The van der Waals surface area contributed by atoms with E-state index in [1.165, 1.54) is 0 Å². The van der Waals surface area contributed by atoms with Gasteiger partial charge in [0, 0.05) is 18.5 Å². The zero-order chi connectivity index (χ0) is 26.5. The van der Waals surface area contributed by atoms with Crippen molar-refractivity contribution >= 4 is 17.8 Å². The van der Waals surface area contributed by atoms with Gasteiger partial charge in [0.25, 0.3) is 0 Å². The molecule has 0 unspecified atom stereocenters. The van der Waals surface area contributed by atoms with Gasteiger partial charge in [-0.25, -0.2) is 4.79 Å². The fourth-order valence-electron chi connectivity index (χ4n) is 3.03. The summed E-state index contributed by atoms with van der Waals surface area (Å²) in [7, 11) is 0. The summed E-state index contributed by atoms with van der Waals surface area (Å²) in [6, 6.07) is 12.8. The normalized spacial score (nSPS) is 11.2. The first-order valence-electron chi connectivity index (χ1n) is 11.4. The third-order valence-electron chi connectivity index (χ3n) is 5.05. The molecule has 0 spiro atoms. The molecule has 0 bridgehead atoms. The van der Waals surface area contributed by atoms with Crippen LogP contribution in [0.2, 0.25) is 0 Å². The first-order valence-corrected chi connectivity index (χ1v) is 11.4. The minimum Gasteiger partial charge on any atom is -0.508 e. The van der Waals surface area contributed by atoms with Crippen LogP contribution in [0.25, 0.3) is 0 Å². The zero-order valence-corrected chi connectivity index (χ0v) is 20.3. The molecule has 2 aromatic carbocycles. The number of aliphatic hydroxyl groups excluding tert-OH is 1. The first kappa shape index (κ1) is 28.1. The van der Waals surface area contributed by atoms with E-state index >= 15 is 0 Å². The van der Waals surface area contributed by atoms with Gasteiger partial charge in [-0.3, -0.25) is 9.59 Å². The average Bonchev–Trinajstić information content (AvgIpc) is 2.87. The lowest BCUT2D eigenvalue weighted by atomic mass is 10.0. The summed E-state index contributed by atoms with van der Waals surface area (Å²) in [6.45, 7) is 8.69.